The molecule has 0 aliphatic heterocycles. The molecular weight excluding hydrogens is 459 g/mol. The summed E-state index contributed by atoms with van der Waals surface area (Å²) in [4.78, 5) is 31.0. The molecular formula is C23H41N4O6P. The number of hydrogen-bond donors (Lipinski definition) is 4. The van der Waals surface area contributed by atoms with Crippen molar-refractivity contribution in [2.45, 2.75) is 71.8 Å². The fourth-order valence-electron chi connectivity index (χ4n) is 3.67. The summed E-state index contributed by atoms with van der Waals surface area (Å²) in [5, 5.41) is 3.24. The molecule has 2 heterocycles. The van der Waals surface area contributed by atoms with E-state index in [4.69, 9.17) is 13.8 Å². The van der Waals surface area contributed by atoms with Crippen LogP contribution < -0.4 is 16.6 Å². The van der Waals surface area contributed by atoms with Gasteiger partial charge in [0.15, 0.2) is 0 Å². The van der Waals surface area contributed by atoms with Crippen molar-refractivity contribution < 1.29 is 18.3 Å². The highest BCUT2D eigenvalue weighted by Crippen LogP contribution is 2.48. The van der Waals surface area contributed by atoms with Crippen molar-refractivity contribution in [3.63, 3.8) is 0 Å². The highest BCUT2D eigenvalue weighted by atomic mass is 31.2. The van der Waals surface area contributed by atoms with Crippen LogP contribution in [0.2, 0.25) is 0 Å². The maximum Gasteiger partial charge on any atom is 0.330 e. The highest BCUT2D eigenvalue weighted by molar-refractivity contribution is 7.53. The second kappa shape index (κ2) is 16.1. The summed E-state index contributed by atoms with van der Waals surface area (Å²) >= 11 is 0. The first-order valence-electron chi connectivity index (χ1n) is 12.5. The summed E-state index contributed by atoms with van der Waals surface area (Å²) in [6.45, 7) is 7.09. The Morgan fingerprint density at radius 1 is 0.882 bits per heavy atom. The molecule has 194 valence electrons. The van der Waals surface area contributed by atoms with Gasteiger partial charge in [0.2, 0.25) is 0 Å². The lowest BCUT2D eigenvalue weighted by Gasteiger charge is -2.18. The van der Waals surface area contributed by atoms with Gasteiger partial charge >= 0.3 is 13.3 Å². The topological polar surface area (TPSA) is 138 Å². The number of nitrogens with one attached hydrogen (secondary N) is 4. The second-order valence-electron chi connectivity index (χ2n) is 8.32. The molecule has 0 radical (unpaired) electrons. The van der Waals surface area contributed by atoms with Gasteiger partial charge in [-0.3, -0.25) is 14.3 Å². The summed E-state index contributed by atoms with van der Waals surface area (Å²) < 4.78 is 29.6. The number of unbranched alkanes of at least 4 members (excludes halogenated alkanes) is 5. The van der Waals surface area contributed by atoms with Crippen LogP contribution in [0.4, 0.5) is 0 Å². The lowest BCUT2D eigenvalue weighted by Crippen LogP contribution is -2.22. The van der Waals surface area contributed by atoms with E-state index in [1.165, 1.54) is 32.1 Å². The zero-order chi connectivity index (χ0) is 24.7. The average Bonchev–Trinajstić information content (AvgIpc) is 3.20. The average molecular weight is 501 g/mol. The first-order valence-corrected chi connectivity index (χ1v) is 14.2. The quantitative estimate of drug-likeness (QED) is 0.159. The van der Waals surface area contributed by atoms with E-state index >= 15 is 0 Å². The summed E-state index contributed by atoms with van der Waals surface area (Å²) in [5.41, 5.74) is 0.613. The molecule has 0 fully saturated rings. The zero-order valence-electron chi connectivity index (χ0n) is 20.6. The standard InChI is InChI=1S/C23H41N4O6P/c1-3-5-6-7-8-9-13-31-14-11-15-33-34(30,32-4-2)16-10-12-24-17-19-18-25-21-20(19)26-23(29)27-22(21)28/h18,24-25H,3-17H2,1-2H3,(H2,26,27,28,29). The molecule has 11 heteroatoms. The van der Waals surface area contributed by atoms with E-state index < -0.39 is 18.8 Å². The number of rotatable bonds is 20. The molecule has 0 aliphatic rings. The van der Waals surface area contributed by atoms with Gasteiger partial charge in [-0.25, -0.2) is 4.79 Å². The molecule has 10 nitrogen and oxygen atoms in total. The van der Waals surface area contributed by atoms with E-state index in [0.717, 1.165) is 18.6 Å². The first-order chi connectivity index (χ1) is 16.5. The van der Waals surface area contributed by atoms with Crippen LogP contribution in [0.1, 0.15) is 70.8 Å². The smallest absolute Gasteiger partial charge is 0.330 e. The number of aromatic nitrogens is 3. The Morgan fingerprint density at radius 3 is 2.44 bits per heavy atom. The Bertz CT molecular complexity index is 986. The van der Waals surface area contributed by atoms with Crippen molar-refractivity contribution in [3.05, 3.63) is 32.6 Å². The van der Waals surface area contributed by atoms with Crippen molar-refractivity contribution in [1.82, 2.24) is 20.3 Å². The Labute approximate surface area is 201 Å². The number of H-pyrrole nitrogens is 3. The molecule has 0 saturated heterocycles. The molecule has 0 bridgehead atoms. The molecule has 4 N–H and O–H groups in total. The predicted molar refractivity (Wildman–Crippen MR) is 135 cm³/mol. The Balaban J connectivity index is 1.60. The first kappa shape index (κ1) is 28.5. The van der Waals surface area contributed by atoms with Gasteiger partial charge in [-0.2, -0.15) is 0 Å². The van der Waals surface area contributed by atoms with Gasteiger partial charge in [-0.05, 0) is 32.7 Å². The summed E-state index contributed by atoms with van der Waals surface area (Å²) in [6.07, 6.45) is 10.7. The molecule has 1 unspecified atom stereocenters. The normalized spacial score (nSPS) is 13.5. The fraction of sp³-hybridized carbons (Fsp3) is 0.739. The van der Waals surface area contributed by atoms with E-state index in [1.807, 2.05) is 0 Å². The number of fused-ring (bicyclic) bond motifs is 1. The zero-order valence-corrected chi connectivity index (χ0v) is 21.5. The van der Waals surface area contributed by atoms with Crippen LogP contribution in [0.5, 0.6) is 0 Å². The Kier molecular flexibility index (Phi) is 13.5. The van der Waals surface area contributed by atoms with Gasteiger partial charge in [0.05, 0.1) is 24.9 Å². The minimum Gasteiger partial charge on any atom is -0.381 e. The van der Waals surface area contributed by atoms with Gasteiger partial charge in [-0.15, -0.1) is 0 Å². The number of ether oxygens (including phenoxy) is 1. The largest absolute Gasteiger partial charge is 0.381 e. The molecule has 1 atom stereocenters. The maximum absolute atomic E-state index is 12.9. The van der Waals surface area contributed by atoms with Crippen molar-refractivity contribution in [3.8, 4) is 0 Å². The molecule has 2 aromatic rings. The Morgan fingerprint density at radius 2 is 1.65 bits per heavy atom. The predicted octanol–water partition coefficient (Wildman–Crippen LogP) is 4.04. The van der Waals surface area contributed by atoms with E-state index in [1.54, 1.807) is 13.1 Å². The van der Waals surface area contributed by atoms with Crippen LogP contribution in [-0.2, 0) is 24.9 Å². The van der Waals surface area contributed by atoms with Crippen LogP contribution in [0, 0.1) is 0 Å². The van der Waals surface area contributed by atoms with E-state index in [0.29, 0.717) is 62.9 Å². The summed E-state index contributed by atoms with van der Waals surface area (Å²) in [6, 6.07) is 0. The molecule has 2 rings (SSSR count). The maximum atomic E-state index is 12.9. The lowest BCUT2D eigenvalue weighted by atomic mass is 10.1. The van der Waals surface area contributed by atoms with Crippen LogP contribution in [-0.4, -0.2) is 54.1 Å². The van der Waals surface area contributed by atoms with Crippen molar-refractivity contribution in [2.24, 2.45) is 0 Å². The third kappa shape index (κ3) is 10.3. The number of hydrogen-bond acceptors (Lipinski definition) is 7. The summed E-state index contributed by atoms with van der Waals surface area (Å²) in [7, 11) is -3.14. The van der Waals surface area contributed by atoms with Gasteiger partial charge < -0.3 is 29.1 Å². The highest BCUT2D eigenvalue weighted by Gasteiger charge is 2.23. The van der Waals surface area contributed by atoms with Crippen molar-refractivity contribution >= 4 is 18.6 Å². The Hall–Kier alpha value is -1.71. The van der Waals surface area contributed by atoms with Crippen LogP contribution in [0.25, 0.3) is 11.0 Å². The lowest BCUT2D eigenvalue weighted by molar-refractivity contribution is 0.111. The van der Waals surface area contributed by atoms with Gasteiger partial charge in [-0.1, -0.05) is 39.0 Å². The van der Waals surface area contributed by atoms with E-state index in [-0.39, 0.29) is 0 Å². The van der Waals surface area contributed by atoms with Gasteiger partial charge in [0.1, 0.15) is 5.52 Å². The van der Waals surface area contributed by atoms with Crippen molar-refractivity contribution in [1.29, 1.82) is 0 Å². The third-order valence-corrected chi connectivity index (χ3v) is 7.54. The van der Waals surface area contributed by atoms with Crippen LogP contribution >= 0.6 is 7.60 Å². The van der Waals surface area contributed by atoms with Gasteiger partial charge in [0, 0.05) is 31.5 Å². The molecule has 34 heavy (non-hydrogen) atoms. The monoisotopic (exact) mass is 500 g/mol. The van der Waals surface area contributed by atoms with E-state index in [2.05, 4.69) is 27.2 Å². The van der Waals surface area contributed by atoms with Crippen molar-refractivity contribution in [2.75, 3.05) is 39.1 Å². The molecule has 0 aliphatic carbocycles. The third-order valence-electron chi connectivity index (χ3n) is 5.44. The SMILES string of the molecule is CCCCCCCCOCCCOP(=O)(CCCNCc1c[nH]c2c(=O)[nH]c(=O)[nH]c12)OCC. The molecule has 2 aromatic heterocycles. The fourth-order valence-corrected chi connectivity index (χ4v) is 5.35. The molecule has 0 spiro atoms. The molecule has 0 amide bonds. The van der Waals surface area contributed by atoms with Gasteiger partial charge in [0.25, 0.3) is 5.56 Å². The number of aromatic amines is 3. The van der Waals surface area contributed by atoms with Crippen LogP contribution in [0.15, 0.2) is 15.8 Å². The molecule has 0 saturated carbocycles. The summed E-state index contributed by atoms with van der Waals surface area (Å²) in [5.74, 6) is 0. The minimum absolute atomic E-state index is 0.316. The second-order valence-corrected chi connectivity index (χ2v) is 10.5. The van der Waals surface area contributed by atoms with E-state index in [9.17, 15) is 14.2 Å². The minimum atomic E-state index is -3.14. The van der Waals surface area contributed by atoms with Crippen LogP contribution in [0.3, 0.4) is 0 Å². The molecule has 0 aromatic carbocycles.